The normalized spacial score (nSPS) is 34.0. The summed E-state index contributed by atoms with van der Waals surface area (Å²) in [6, 6.07) is 2.17. The smallest absolute Gasteiger partial charge is 0.150 e. The van der Waals surface area contributed by atoms with E-state index in [4.69, 9.17) is 5.26 Å². The zero-order chi connectivity index (χ0) is 11.7. The standard InChI is InChI=1S/C14H21NO/c1-9(2)13(8-15)14(16)7-12-6-10-3-4-11(12)5-10/h9-13H,3-7H2,1-2H3. The molecule has 0 amide bonds. The molecular formula is C14H21NO. The maximum atomic E-state index is 12.0. The van der Waals surface area contributed by atoms with Crippen LogP contribution in [0.2, 0.25) is 0 Å². The molecule has 2 heteroatoms. The van der Waals surface area contributed by atoms with E-state index in [2.05, 4.69) is 6.07 Å². The van der Waals surface area contributed by atoms with Crippen LogP contribution in [0.3, 0.4) is 0 Å². The third kappa shape index (κ3) is 2.14. The van der Waals surface area contributed by atoms with E-state index in [1.54, 1.807) is 0 Å². The average Bonchev–Trinajstić information content (AvgIpc) is 2.79. The van der Waals surface area contributed by atoms with E-state index in [1.165, 1.54) is 25.7 Å². The van der Waals surface area contributed by atoms with Crippen molar-refractivity contribution < 1.29 is 4.79 Å². The number of carbonyl (C=O) groups is 1. The molecule has 4 atom stereocenters. The molecule has 0 aliphatic heterocycles. The van der Waals surface area contributed by atoms with Gasteiger partial charge in [-0.1, -0.05) is 20.3 Å². The maximum Gasteiger partial charge on any atom is 0.150 e. The van der Waals surface area contributed by atoms with Gasteiger partial charge in [-0.05, 0) is 42.9 Å². The summed E-state index contributed by atoms with van der Waals surface area (Å²) in [6.07, 6.45) is 5.95. The first-order valence-corrected chi connectivity index (χ1v) is 6.54. The minimum absolute atomic E-state index is 0.163. The summed E-state index contributed by atoms with van der Waals surface area (Å²) in [7, 11) is 0. The van der Waals surface area contributed by atoms with Gasteiger partial charge < -0.3 is 0 Å². The van der Waals surface area contributed by atoms with Gasteiger partial charge in [0.1, 0.15) is 5.92 Å². The second-order valence-electron chi connectivity index (χ2n) is 5.96. The molecule has 2 bridgehead atoms. The summed E-state index contributed by atoms with van der Waals surface area (Å²) in [5.74, 6) is 2.26. The van der Waals surface area contributed by atoms with Crippen LogP contribution >= 0.6 is 0 Å². The van der Waals surface area contributed by atoms with E-state index in [0.29, 0.717) is 12.3 Å². The Labute approximate surface area is 98.0 Å². The molecule has 2 aliphatic rings. The average molecular weight is 219 g/mol. The summed E-state index contributed by atoms with van der Waals surface area (Å²) in [6.45, 7) is 3.93. The Hall–Kier alpha value is -0.840. The zero-order valence-electron chi connectivity index (χ0n) is 10.3. The number of ketones is 1. The molecule has 2 aliphatic carbocycles. The lowest BCUT2D eigenvalue weighted by atomic mass is 9.81. The van der Waals surface area contributed by atoms with Crippen molar-refractivity contribution in [2.75, 3.05) is 0 Å². The van der Waals surface area contributed by atoms with Crippen molar-refractivity contribution in [3.63, 3.8) is 0 Å². The molecule has 0 aromatic carbocycles. The van der Waals surface area contributed by atoms with Gasteiger partial charge in [-0.2, -0.15) is 5.26 Å². The zero-order valence-corrected chi connectivity index (χ0v) is 10.3. The van der Waals surface area contributed by atoms with E-state index >= 15 is 0 Å². The van der Waals surface area contributed by atoms with E-state index < -0.39 is 0 Å². The molecule has 0 heterocycles. The lowest BCUT2D eigenvalue weighted by Gasteiger charge is -2.22. The molecule has 2 rings (SSSR count). The van der Waals surface area contributed by atoms with Crippen molar-refractivity contribution in [2.45, 2.75) is 46.0 Å². The first-order valence-electron chi connectivity index (χ1n) is 6.54. The molecule has 4 unspecified atom stereocenters. The lowest BCUT2D eigenvalue weighted by molar-refractivity contribution is -0.123. The van der Waals surface area contributed by atoms with Crippen molar-refractivity contribution in [3.8, 4) is 6.07 Å². The summed E-state index contributed by atoms with van der Waals surface area (Å²) in [4.78, 5) is 12.0. The van der Waals surface area contributed by atoms with Crippen LogP contribution in [-0.2, 0) is 4.79 Å². The summed E-state index contributed by atoms with van der Waals surface area (Å²) in [5, 5.41) is 9.00. The second kappa shape index (κ2) is 4.57. The molecule has 88 valence electrons. The Bertz CT molecular complexity index is 315. The molecule has 0 N–H and O–H groups in total. The van der Waals surface area contributed by atoms with Gasteiger partial charge in [0.2, 0.25) is 0 Å². The Morgan fingerprint density at radius 2 is 2.12 bits per heavy atom. The van der Waals surface area contributed by atoms with E-state index in [1.807, 2.05) is 13.8 Å². The van der Waals surface area contributed by atoms with Crippen LogP contribution < -0.4 is 0 Å². The number of rotatable bonds is 4. The van der Waals surface area contributed by atoms with Gasteiger partial charge in [-0.25, -0.2) is 0 Å². The van der Waals surface area contributed by atoms with E-state index in [-0.39, 0.29) is 17.6 Å². The number of nitrogens with zero attached hydrogens (tertiary/aromatic N) is 1. The van der Waals surface area contributed by atoms with Gasteiger partial charge in [-0.15, -0.1) is 0 Å². The van der Waals surface area contributed by atoms with Gasteiger partial charge in [0.25, 0.3) is 0 Å². The largest absolute Gasteiger partial charge is 0.298 e. The number of fused-ring (bicyclic) bond motifs is 2. The van der Waals surface area contributed by atoms with E-state index in [9.17, 15) is 4.79 Å². The lowest BCUT2D eigenvalue weighted by Crippen LogP contribution is -2.23. The van der Waals surface area contributed by atoms with Crippen LogP contribution in [0.15, 0.2) is 0 Å². The predicted octanol–water partition coefficient (Wildman–Crippen LogP) is 3.18. The number of Topliss-reactive ketones (excluding diaryl/α,β-unsaturated/α-hetero) is 1. The van der Waals surface area contributed by atoms with Crippen LogP contribution in [0.4, 0.5) is 0 Å². The van der Waals surface area contributed by atoms with Gasteiger partial charge in [0, 0.05) is 6.42 Å². The Morgan fingerprint density at radius 1 is 1.38 bits per heavy atom. The molecule has 0 aromatic heterocycles. The molecule has 2 saturated carbocycles. The van der Waals surface area contributed by atoms with Crippen LogP contribution in [0.25, 0.3) is 0 Å². The fourth-order valence-corrected chi connectivity index (χ4v) is 3.60. The highest BCUT2D eigenvalue weighted by Gasteiger charge is 2.40. The topological polar surface area (TPSA) is 40.9 Å². The Kier molecular flexibility index (Phi) is 3.33. The molecule has 0 saturated heterocycles. The van der Waals surface area contributed by atoms with Crippen molar-refractivity contribution in [2.24, 2.45) is 29.6 Å². The molecule has 0 aromatic rings. The summed E-state index contributed by atoms with van der Waals surface area (Å²) < 4.78 is 0. The molecule has 0 spiro atoms. The monoisotopic (exact) mass is 219 g/mol. The third-order valence-corrected chi connectivity index (χ3v) is 4.50. The van der Waals surface area contributed by atoms with Crippen LogP contribution in [0.1, 0.15) is 46.0 Å². The highest BCUT2D eigenvalue weighted by molar-refractivity contribution is 5.83. The maximum absolute atomic E-state index is 12.0. The molecule has 16 heavy (non-hydrogen) atoms. The predicted molar refractivity (Wildman–Crippen MR) is 62.5 cm³/mol. The summed E-state index contributed by atoms with van der Waals surface area (Å²) in [5.41, 5.74) is 0. The van der Waals surface area contributed by atoms with Gasteiger partial charge in [0.15, 0.2) is 5.78 Å². The highest BCUT2D eigenvalue weighted by Crippen LogP contribution is 2.49. The minimum Gasteiger partial charge on any atom is -0.298 e. The number of hydrogen-bond acceptors (Lipinski definition) is 2. The van der Waals surface area contributed by atoms with Crippen LogP contribution in [-0.4, -0.2) is 5.78 Å². The van der Waals surface area contributed by atoms with Gasteiger partial charge in [-0.3, -0.25) is 4.79 Å². The molecule has 0 radical (unpaired) electrons. The van der Waals surface area contributed by atoms with Gasteiger partial charge in [0.05, 0.1) is 6.07 Å². The molecule has 2 nitrogen and oxygen atoms in total. The van der Waals surface area contributed by atoms with Crippen molar-refractivity contribution >= 4 is 5.78 Å². The third-order valence-electron chi connectivity index (χ3n) is 4.50. The Balaban J connectivity index is 1.90. The number of nitriles is 1. The first-order chi connectivity index (χ1) is 7.61. The minimum atomic E-state index is -0.376. The second-order valence-corrected chi connectivity index (χ2v) is 5.96. The highest BCUT2D eigenvalue weighted by atomic mass is 16.1. The summed E-state index contributed by atoms with van der Waals surface area (Å²) >= 11 is 0. The quantitative estimate of drug-likeness (QED) is 0.728. The van der Waals surface area contributed by atoms with Crippen LogP contribution in [0.5, 0.6) is 0 Å². The van der Waals surface area contributed by atoms with Crippen molar-refractivity contribution in [1.29, 1.82) is 5.26 Å². The van der Waals surface area contributed by atoms with Gasteiger partial charge >= 0.3 is 0 Å². The van der Waals surface area contributed by atoms with Crippen LogP contribution in [0, 0.1) is 40.9 Å². The first kappa shape index (κ1) is 11.6. The fourth-order valence-electron chi connectivity index (χ4n) is 3.60. The van der Waals surface area contributed by atoms with Crippen molar-refractivity contribution in [3.05, 3.63) is 0 Å². The molecule has 2 fully saturated rings. The van der Waals surface area contributed by atoms with Crippen molar-refractivity contribution in [1.82, 2.24) is 0 Å². The van der Waals surface area contributed by atoms with E-state index in [0.717, 1.165) is 11.8 Å². The fraction of sp³-hybridized carbons (Fsp3) is 0.857. The number of carbonyl (C=O) groups excluding carboxylic acids is 1. The molecular weight excluding hydrogens is 198 g/mol. The Morgan fingerprint density at radius 3 is 2.56 bits per heavy atom. The number of hydrogen-bond donors (Lipinski definition) is 0. The SMILES string of the molecule is CC(C)C(C#N)C(=O)CC1CC2CCC1C2.